The van der Waals surface area contributed by atoms with Crippen LogP contribution in [-0.4, -0.2) is 24.6 Å². The van der Waals surface area contributed by atoms with Gasteiger partial charge in [-0.1, -0.05) is 53.8 Å². The molecule has 0 radical (unpaired) electrons. The summed E-state index contributed by atoms with van der Waals surface area (Å²) >= 11 is 4.85. The van der Waals surface area contributed by atoms with Crippen molar-refractivity contribution in [1.29, 1.82) is 0 Å². The van der Waals surface area contributed by atoms with Crippen LogP contribution in [0.5, 0.6) is 0 Å². The van der Waals surface area contributed by atoms with Crippen molar-refractivity contribution in [2.75, 3.05) is 0 Å². The van der Waals surface area contributed by atoms with Crippen LogP contribution < -0.4 is 0 Å². The number of thiophene rings is 1. The lowest BCUT2D eigenvalue weighted by Crippen LogP contribution is -1.93. The van der Waals surface area contributed by atoms with Crippen molar-refractivity contribution < 1.29 is 0 Å². The second kappa shape index (κ2) is 6.62. The molecule has 8 heteroatoms. The number of aryl methyl sites for hydroxylation is 1. The Labute approximate surface area is 178 Å². The van der Waals surface area contributed by atoms with E-state index in [0.717, 1.165) is 42.3 Å². The molecule has 29 heavy (non-hydrogen) atoms. The highest BCUT2D eigenvalue weighted by Crippen LogP contribution is 2.41. The first-order valence-electron chi connectivity index (χ1n) is 9.00. The van der Waals surface area contributed by atoms with E-state index >= 15 is 0 Å². The number of fused-ring (bicyclic) bond motifs is 4. The molecule has 0 aliphatic rings. The Morgan fingerprint density at radius 3 is 2.66 bits per heavy atom. The van der Waals surface area contributed by atoms with Gasteiger partial charge in [-0.25, -0.2) is 9.97 Å². The van der Waals surface area contributed by atoms with Gasteiger partial charge in [-0.05, 0) is 36.4 Å². The number of hydrogen-bond acceptors (Lipinski definition) is 7. The van der Waals surface area contributed by atoms with Crippen molar-refractivity contribution >= 4 is 59.8 Å². The summed E-state index contributed by atoms with van der Waals surface area (Å²) in [5.41, 5.74) is 3.44. The molecular formula is C21H13N5S3. The van der Waals surface area contributed by atoms with E-state index in [-0.39, 0.29) is 0 Å². The van der Waals surface area contributed by atoms with Gasteiger partial charge in [0.05, 0.1) is 15.6 Å². The normalized spacial score (nSPS) is 11.8. The highest BCUT2D eigenvalue weighted by Gasteiger charge is 2.19. The maximum Gasteiger partial charge on any atom is 0.217 e. The zero-order valence-corrected chi connectivity index (χ0v) is 17.7. The fraction of sp³-hybridized carbons (Fsp3) is 0.0476. The smallest absolute Gasteiger partial charge is 0.217 e. The Morgan fingerprint density at radius 1 is 0.931 bits per heavy atom. The summed E-state index contributed by atoms with van der Waals surface area (Å²) in [4.78, 5) is 11.3. The van der Waals surface area contributed by atoms with Gasteiger partial charge >= 0.3 is 0 Å². The summed E-state index contributed by atoms with van der Waals surface area (Å²) in [5.74, 6) is 0.761. The van der Waals surface area contributed by atoms with E-state index in [2.05, 4.69) is 61.4 Å². The van der Waals surface area contributed by atoms with E-state index < -0.39 is 0 Å². The number of thiazole rings is 1. The Kier molecular flexibility index (Phi) is 3.90. The van der Waals surface area contributed by atoms with Crippen LogP contribution >= 0.6 is 34.4 Å². The molecule has 6 rings (SSSR count). The van der Waals surface area contributed by atoms with Gasteiger partial charge in [0.2, 0.25) is 10.1 Å². The number of para-hydroxylation sites is 1. The Bertz CT molecular complexity index is 1500. The second-order valence-corrected chi connectivity index (χ2v) is 9.37. The van der Waals surface area contributed by atoms with Gasteiger partial charge < -0.3 is 0 Å². The number of nitrogens with zero attached hydrogens (tertiary/aromatic N) is 5. The van der Waals surface area contributed by atoms with Crippen LogP contribution in [0, 0.1) is 6.92 Å². The summed E-state index contributed by atoms with van der Waals surface area (Å²) in [6.07, 6.45) is 0. The molecule has 2 aromatic carbocycles. The molecule has 0 bridgehead atoms. The van der Waals surface area contributed by atoms with Gasteiger partial charge in [0.15, 0.2) is 0 Å². The molecule has 5 nitrogen and oxygen atoms in total. The lowest BCUT2D eigenvalue weighted by atomic mass is 10.1. The van der Waals surface area contributed by atoms with E-state index in [4.69, 9.17) is 4.98 Å². The number of aromatic nitrogens is 5. The topological polar surface area (TPSA) is 56.0 Å². The second-order valence-electron chi connectivity index (χ2n) is 6.54. The summed E-state index contributed by atoms with van der Waals surface area (Å²) in [6.45, 7) is 1.94. The molecule has 0 saturated heterocycles. The van der Waals surface area contributed by atoms with Crippen LogP contribution in [0.4, 0.5) is 0 Å². The summed E-state index contributed by atoms with van der Waals surface area (Å²) < 4.78 is 3.31. The fourth-order valence-corrected chi connectivity index (χ4v) is 6.52. The maximum atomic E-state index is 4.79. The molecule has 4 heterocycles. The van der Waals surface area contributed by atoms with Gasteiger partial charge in [0.1, 0.15) is 15.7 Å². The van der Waals surface area contributed by atoms with Gasteiger partial charge in [0, 0.05) is 10.9 Å². The first-order chi connectivity index (χ1) is 14.3. The highest BCUT2D eigenvalue weighted by atomic mass is 32.2. The first kappa shape index (κ1) is 17.1. The number of hydrogen-bond donors (Lipinski definition) is 0. The van der Waals surface area contributed by atoms with E-state index in [1.54, 1.807) is 34.4 Å². The van der Waals surface area contributed by atoms with Crippen molar-refractivity contribution in [2.24, 2.45) is 0 Å². The Balaban J connectivity index is 1.57. The summed E-state index contributed by atoms with van der Waals surface area (Å²) in [7, 11) is 0. The SMILES string of the molecule is Cc1nc(Sc2nnc3sc4ccccc4n23)c2c(-c3ccccc3)csc2n1. The van der Waals surface area contributed by atoms with E-state index in [9.17, 15) is 0 Å². The molecule has 6 aromatic rings. The molecule has 0 spiro atoms. The van der Waals surface area contributed by atoms with Gasteiger partial charge in [-0.3, -0.25) is 4.40 Å². The predicted molar refractivity (Wildman–Crippen MR) is 120 cm³/mol. The minimum Gasteiger partial charge on any atom is -0.260 e. The monoisotopic (exact) mass is 431 g/mol. The van der Waals surface area contributed by atoms with Crippen molar-refractivity contribution in [1.82, 2.24) is 24.6 Å². The molecule has 0 unspecified atom stereocenters. The molecule has 0 aliphatic heterocycles. The quantitative estimate of drug-likeness (QED) is 0.318. The zero-order valence-electron chi connectivity index (χ0n) is 15.2. The average Bonchev–Trinajstić information content (AvgIpc) is 3.43. The molecule has 0 fully saturated rings. The van der Waals surface area contributed by atoms with Gasteiger partial charge in [-0.2, -0.15) is 0 Å². The fourth-order valence-electron chi connectivity index (χ4n) is 3.42. The van der Waals surface area contributed by atoms with Crippen LogP contribution in [0.2, 0.25) is 0 Å². The van der Waals surface area contributed by atoms with Crippen LogP contribution in [0.3, 0.4) is 0 Å². The number of rotatable bonds is 3. The minimum atomic E-state index is 0.761. The molecule has 0 amide bonds. The number of benzene rings is 2. The third kappa shape index (κ3) is 2.75. The van der Waals surface area contributed by atoms with Crippen molar-refractivity contribution in [3.05, 3.63) is 65.8 Å². The van der Waals surface area contributed by atoms with Crippen molar-refractivity contribution in [2.45, 2.75) is 17.1 Å². The lowest BCUT2D eigenvalue weighted by Gasteiger charge is -2.06. The van der Waals surface area contributed by atoms with Crippen LogP contribution in [0.15, 0.2) is 70.2 Å². The predicted octanol–water partition coefficient (Wildman–Crippen LogP) is 6.08. The van der Waals surface area contributed by atoms with Gasteiger partial charge in [-0.15, -0.1) is 21.5 Å². The van der Waals surface area contributed by atoms with Crippen molar-refractivity contribution in [3.63, 3.8) is 0 Å². The van der Waals surface area contributed by atoms with Crippen LogP contribution in [0.25, 0.3) is 36.5 Å². The highest BCUT2D eigenvalue weighted by molar-refractivity contribution is 7.99. The van der Waals surface area contributed by atoms with Crippen LogP contribution in [-0.2, 0) is 0 Å². The molecular weight excluding hydrogens is 418 g/mol. The third-order valence-corrected chi connectivity index (χ3v) is 7.52. The van der Waals surface area contributed by atoms with E-state index in [1.807, 2.05) is 25.1 Å². The summed E-state index contributed by atoms with van der Waals surface area (Å²) in [6, 6.07) is 18.7. The summed E-state index contributed by atoms with van der Waals surface area (Å²) in [5, 5.41) is 13.8. The van der Waals surface area contributed by atoms with Gasteiger partial charge in [0.25, 0.3) is 0 Å². The molecule has 0 atom stereocenters. The zero-order chi connectivity index (χ0) is 19.4. The molecule has 0 saturated carbocycles. The third-order valence-electron chi connectivity index (χ3n) is 4.70. The van der Waals surface area contributed by atoms with E-state index in [0.29, 0.717) is 0 Å². The average molecular weight is 432 g/mol. The lowest BCUT2D eigenvalue weighted by molar-refractivity contribution is 0.932. The Hall–Kier alpha value is -2.81. The first-order valence-corrected chi connectivity index (χ1v) is 11.5. The largest absolute Gasteiger partial charge is 0.260 e. The van der Waals surface area contributed by atoms with Crippen LogP contribution in [0.1, 0.15) is 5.82 Å². The van der Waals surface area contributed by atoms with E-state index in [1.165, 1.54) is 10.3 Å². The molecule has 140 valence electrons. The minimum absolute atomic E-state index is 0.761. The maximum absolute atomic E-state index is 4.79. The van der Waals surface area contributed by atoms with Crippen molar-refractivity contribution in [3.8, 4) is 11.1 Å². The molecule has 4 aromatic heterocycles. The molecule has 0 aliphatic carbocycles. The molecule has 0 N–H and O–H groups in total. The standard InChI is InChI=1S/C21H13N5S3/c1-12-22-18-17(14(11-27-18)13-7-3-2-4-8-13)19(23-12)29-21-25-24-20-26(21)15-9-5-6-10-16(15)28-20/h2-11H,1H3. The Morgan fingerprint density at radius 2 is 1.76 bits per heavy atom.